The first kappa shape index (κ1) is 26.8. The van der Waals surface area contributed by atoms with Crippen LogP contribution in [0.1, 0.15) is 28.8 Å². The largest absolute Gasteiger partial charge is 0.494 e. The summed E-state index contributed by atoms with van der Waals surface area (Å²) in [7, 11) is 1.28. The summed E-state index contributed by atoms with van der Waals surface area (Å²) in [4.78, 5) is 51.2. The molecule has 10 nitrogen and oxygen atoms in total. The molecule has 0 spiro atoms. The first-order chi connectivity index (χ1) is 19.4. The minimum Gasteiger partial charge on any atom is -0.494 e. The van der Waals surface area contributed by atoms with E-state index in [0.717, 1.165) is 33.1 Å². The number of hydrogen-bond donors (Lipinski definition) is 1. The smallest absolute Gasteiger partial charge is 0.373 e. The van der Waals surface area contributed by atoms with E-state index in [-0.39, 0.29) is 10.7 Å². The van der Waals surface area contributed by atoms with E-state index in [4.69, 9.17) is 13.9 Å². The molecule has 1 aliphatic heterocycles. The minimum absolute atomic E-state index is 0.106. The molecular weight excluding hydrogens is 534 g/mol. The van der Waals surface area contributed by atoms with Crippen molar-refractivity contribution in [2.24, 2.45) is 0 Å². The van der Waals surface area contributed by atoms with Crippen molar-refractivity contribution < 1.29 is 33.1 Å². The predicted molar refractivity (Wildman–Crippen MR) is 150 cm³/mol. The van der Waals surface area contributed by atoms with Crippen molar-refractivity contribution in [3.63, 3.8) is 0 Å². The first-order valence-electron chi connectivity index (χ1n) is 12.4. The van der Waals surface area contributed by atoms with Crippen LogP contribution in [0.3, 0.4) is 0 Å². The highest BCUT2D eigenvalue weighted by Gasteiger charge is 2.36. The maximum atomic E-state index is 13.1. The molecule has 4 aromatic rings. The van der Waals surface area contributed by atoms with E-state index in [2.05, 4.69) is 5.32 Å². The third kappa shape index (κ3) is 5.64. The summed E-state index contributed by atoms with van der Waals surface area (Å²) in [6, 6.07) is 17.7. The maximum Gasteiger partial charge on any atom is 0.373 e. The molecule has 1 fully saturated rings. The number of aromatic nitrogens is 1. The third-order valence-corrected chi connectivity index (χ3v) is 7.01. The van der Waals surface area contributed by atoms with Gasteiger partial charge in [-0.05, 0) is 67.2 Å². The molecule has 40 heavy (non-hydrogen) atoms. The molecule has 2 aromatic carbocycles. The quantitative estimate of drug-likeness (QED) is 0.221. The third-order valence-electron chi connectivity index (χ3n) is 6.10. The zero-order chi connectivity index (χ0) is 28.2. The molecule has 5 rings (SSSR count). The topological polar surface area (TPSA) is 120 Å². The van der Waals surface area contributed by atoms with Crippen LogP contribution in [-0.4, -0.2) is 52.8 Å². The number of furan rings is 1. The van der Waals surface area contributed by atoms with Crippen molar-refractivity contribution in [2.45, 2.75) is 13.5 Å². The van der Waals surface area contributed by atoms with Crippen molar-refractivity contribution in [2.75, 3.05) is 25.6 Å². The average Bonchev–Trinajstić information content (AvgIpc) is 3.63. The lowest BCUT2D eigenvalue weighted by molar-refractivity contribution is -0.127. The molecule has 2 aromatic heterocycles. The van der Waals surface area contributed by atoms with Crippen molar-refractivity contribution >= 4 is 57.5 Å². The number of ether oxygens (including phenoxy) is 2. The van der Waals surface area contributed by atoms with Gasteiger partial charge in [-0.25, -0.2) is 4.79 Å². The van der Waals surface area contributed by atoms with Crippen LogP contribution in [0.2, 0.25) is 0 Å². The first-order valence-corrected chi connectivity index (χ1v) is 13.2. The van der Waals surface area contributed by atoms with Gasteiger partial charge >= 0.3 is 5.97 Å². The molecule has 1 saturated heterocycles. The normalized spacial score (nSPS) is 14.2. The van der Waals surface area contributed by atoms with Crippen LogP contribution >= 0.6 is 11.8 Å². The summed E-state index contributed by atoms with van der Waals surface area (Å²) in [6.07, 6.45) is 3.49. The highest BCUT2D eigenvalue weighted by Crippen LogP contribution is 2.34. The van der Waals surface area contributed by atoms with Crippen LogP contribution in [-0.2, 0) is 20.9 Å². The summed E-state index contributed by atoms with van der Waals surface area (Å²) >= 11 is 0.786. The van der Waals surface area contributed by atoms with Gasteiger partial charge in [0.05, 0.1) is 25.2 Å². The van der Waals surface area contributed by atoms with Crippen LogP contribution in [0, 0.1) is 0 Å². The number of thioether (sulfide) groups is 1. The fourth-order valence-electron chi connectivity index (χ4n) is 4.28. The van der Waals surface area contributed by atoms with Gasteiger partial charge in [0.15, 0.2) is 0 Å². The Labute approximate surface area is 233 Å². The number of esters is 1. The molecule has 11 heteroatoms. The zero-order valence-electron chi connectivity index (χ0n) is 21.7. The molecular formula is C29H25N3O7S. The lowest BCUT2D eigenvalue weighted by Crippen LogP contribution is -2.36. The van der Waals surface area contributed by atoms with E-state index in [1.54, 1.807) is 42.5 Å². The minimum atomic E-state index is -0.562. The van der Waals surface area contributed by atoms with Gasteiger partial charge in [-0.15, -0.1) is 0 Å². The second-order valence-corrected chi connectivity index (χ2v) is 9.75. The van der Waals surface area contributed by atoms with E-state index in [0.29, 0.717) is 30.3 Å². The molecule has 0 atom stereocenters. The Hall–Kier alpha value is -4.77. The molecule has 0 saturated carbocycles. The van der Waals surface area contributed by atoms with Crippen molar-refractivity contribution in [3.8, 4) is 5.75 Å². The standard InChI is InChI=1S/C29H25N3O7S/c1-3-38-20-10-8-19(9-11-20)30-26(33)17-32-27(34)25(40-29(32)36)14-18-15-31(23-7-5-4-6-22(18)23)16-21-12-13-24(39-21)28(35)37-2/h4-15H,3,16-17H2,1-2H3,(H,30,33)/b25-14-. The van der Waals surface area contributed by atoms with Gasteiger partial charge in [0.1, 0.15) is 18.1 Å². The number of benzene rings is 2. The fourth-order valence-corrected chi connectivity index (χ4v) is 5.11. The Morgan fingerprint density at radius 1 is 1.05 bits per heavy atom. The number of anilines is 1. The number of carbonyl (C=O) groups excluding carboxylic acids is 4. The number of nitrogens with zero attached hydrogens (tertiary/aromatic N) is 2. The highest BCUT2D eigenvalue weighted by atomic mass is 32.2. The van der Waals surface area contributed by atoms with Gasteiger partial charge in [0.2, 0.25) is 11.7 Å². The van der Waals surface area contributed by atoms with Crippen molar-refractivity contribution in [1.82, 2.24) is 9.47 Å². The Balaban J connectivity index is 1.32. The second-order valence-electron chi connectivity index (χ2n) is 8.76. The number of imide groups is 1. The lowest BCUT2D eigenvalue weighted by Gasteiger charge is -2.12. The number of amides is 3. The van der Waals surface area contributed by atoms with Crippen LogP contribution in [0.25, 0.3) is 17.0 Å². The number of fused-ring (bicyclic) bond motifs is 1. The van der Waals surface area contributed by atoms with Crippen LogP contribution < -0.4 is 10.1 Å². The molecule has 0 radical (unpaired) electrons. The van der Waals surface area contributed by atoms with E-state index in [1.807, 2.05) is 42.0 Å². The molecule has 0 aliphatic carbocycles. The molecule has 0 unspecified atom stereocenters. The SMILES string of the molecule is CCOc1ccc(NC(=O)CN2C(=O)S/C(=C\c3cn(Cc4ccc(C(=O)OC)o4)c4ccccc34)C2=O)cc1. The van der Waals surface area contributed by atoms with Crippen LogP contribution in [0.5, 0.6) is 5.75 Å². The van der Waals surface area contributed by atoms with Gasteiger partial charge in [-0.3, -0.25) is 19.3 Å². The van der Waals surface area contributed by atoms with E-state index >= 15 is 0 Å². The van der Waals surface area contributed by atoms with Gasteiger partial charge in [0.25, 0.3) is 11.1 Å². The van der Waals surface area contributed by atoms with Crippen molar-refractivity contribution in [3.05, 3.63) is 88.8 Å². The fraction of sp³-hybridized carbons (Fsp3) is 0.172. The van der Waals surface area contributed by atoms with Gasteiger partial charge in [-0.1, -0.05) is 18.2 Å². The Kier molecular flexibility index (Phi) is 7.74. The van der Waals surface area contributed by atoms with Gasteiger partial charge in [0, 0.05) is 28.4 Å². The molecule has 1 aliphatic rings. The number of rotatable bonds is 9. The summed E-state index contributed by atoms with van der Waals surface area (Å²) in [5.41, 5.74) is 2.12. The zero-order valence-corrected chi connectivity index (χ0v) is 22.5. The highest BCUT2D eigenvalue weighted by molar-refractivity contribution is 8.18. The molecule has 3 amide bonds. The van der Waals surface area contributed by atoms with Crippen LogP contribution in [0.15, 0.2) is 76.2 Å². The van der Waals surface area contributed by atoms with Crippen molar-refractivity contribution in [1.29, 1.82) is 0 Å². The number of carbonyl (C=O) groups is 4. The Morgan fingerprint density at radius 3 is 2.58 bits per heavy atom. The molecule has 204 valence electrons. The molecule has 0 bridgehead atoms. The summed E-state index contributed by atoms with van der Waals surface area (Å²) in [5, 5.41) is 3.04. The summed E-state index contributed by atoms with van der Waals surface area (Å²) in [6.45, 7) is 2.33. The molecule has 3 heterocycles. The predicted octanol–water partition coefficient (Wildman–Crippen LogP) is 5.14. The van der Waals surface area contributed by atoms with Gasteiger partial charge in [-0.2, -0.15) is 0 Å². The summed E-state index contributed by atoms with van der Waals surface area (Å²) in [5.74, 6) is -0.265. The Bertz CT molecular complexity index is 1630. The summed E-state index contributed by atoms with van der Waals surface area (Å²) < 4.78 is 17.6. The number of para-hydroxylation sites is 1. The maximum absolute atomic E-state index is 13.1. The van der Waals surface area contributed by atoms with Gasteiger partial charge < -0.3 is 23.8 Å². The average molecular weight is 560 g/mol. The second kappa shape index (κ2) is 11.5. The molecule has 1 N–H and O–H groups in total. The monoisotopic (exact) mass is 559 g/mol. The van der Waals surface area contributed by atoms with E-state index in [1.165, 1.54) is 7.11 Å². The number of nitrogens with one attached hydrogen (secondary N) is 1. The number of methoxy groups -OCH3 is 1. The lowest BCUT2D eigenvalue weighted by atomic mass is 10.1. The Morgan fingerprint density at radius 2 is 1.82 bits per heavy atom. The number of hydrogen-bond acceptors (Lipinski definition) is 8. The van der Waals surface area contributed by atoms with E-state index in [9.17, 15) is 19.2 Å². The van der Waals surface area contributed by atoms with Crippen LogP contribution in [0.4, 0.5) is 10.5 Å². The van der Waals surface area contributed by atoms with E-state index < -0.39 is 29.6 Å².